The average Bonchev–Trinajstić information content (AvgIpc) is 2.91. The molecule has 0 aromatic heterocycles. The van der Waals surface area contributed by atoms with Gasteiger partial charge in [0.15, 0.2) is 9.84 Å². The van der Waals surface area contributed by atoms with Crippen molar-refractivity contribution in [2.75, 3.05) is 25.2 Å². The summed E-state index contributed by atoms with van der Waals surface area (Å²) in [5.74, 6) is 0.500. The van der Waals surface area contributed by atoms with Gasteiger partial charge in [0.05, 0.1) is 18.6 Å². The van der Waals surface area contributed by atoms with Gasteiger partial charge >= 0.3 is 0 Å². The number of nitrogens with two attached hydrogens (primary N) is 1. The maximum Gasteiger partial charge on any atom is 0.227 e. The van der Waals surface area contributed by atoms with Crippen LogP contribution in [0.5, 0.6) is 5.75 Å². The van der Waals surface area contributed by atoms with Crippen LogP contribution in [0, 0.1) is 5.92 Å². The van der Waals surface area contributed by atoms with Gasteiger partial charge in [-0.05, 0) is 24.1 Å². The molecular weight excluding hydrogens is 352 g/mol. The zero-order chi connectivity index (χ0) is 17.0. The Bertz CT molecular complexity index is 649. The number of benzene rings is 1. The number of nitrogens with zero attached hydrogens (tertiary/aromatic N) is 1. The molecule has 1 aromatic rings. The Labute approximate surface area is 149 Å². The summed E-state index contributed by atoms with van der Waals surface area (Å²) in [6.07, 6.45) is 0.488. The van der Waals surface area contributed by atoms with Crippen molar-refractivity contribution in [1.29, 1.82) is 0 Å². The van der Waals surface area contributed by atoms with Crippen LogP contribution in [0.4, 0.5) is 0 Å². The van der Waals surface area contributed by atoms with Crippen LogP contribution in [0.15, 0.2) is 24.3 Å². The van der Waals surface area contributed by atoms with Crippen LogP contribution in [0.1, 0.15) is 18.9 Å². The van der Waals surface area contributed by atoms with E-state index in [9.17, 15) is 13.2 Å². The third-order valence-corrected chi connectivity index (χ3v) is 5.97. The molecule has 2 N–H and O–H groups in total. The van der Waals surface area contributed by atoms with Gasteiger partial charge in [-0.2, -0.15) is 0 Å². The number of hydrogen-bond acceptors (Lipinski definition) is 5. The molecular formula is C16H25ClN2O4S. The molecule has 2 atom stereocenters. The first-order chi connectivity index (χ1) is 10.9. The van der Waals surface area contributed by atoms with E-state index in [0.717, 1.165) is 11.3 Å². The fraction of sp³-hybridized carbons (Fsp3) is 0.562. The van der Waals surface area contributed by atoms with E-state index in [1.807, 2.05) is 24.3 Å². The lowest BCUT2D eigenvalue weighted by Crippen LogP contribution is -2.44. The molecule has 1 saturated heterocycles. The van der Waals surface area contributed by atoms with Crippen molar-refractivity contribution in [3.63, 3.8) is 0 Å². The average molecular weight is 377 g/mol. The number of sulfone groups is 1. The van der Waals surface area contributed by atoms with Crippen LogP contribution in [0.2, 0.25) is 0 Å². The van der Waals surface area contributed by atoms with Crippen molar-refractivity contribution in [2.45, 2.75) is 25.9 Å². The van der Waals surface area contributed by atoms with Crippen molar-refractivity contribution in [2.24, 2.45) is 11.7 Å². The fourth-order valence-electron chi connectivity index (χ4n) is 2.72. The molecule has 1 aliphatic heterocycles. The second-order valence-electron chi connectivity index (χ2n) is 6.01. The lowest BCUT2D eigenvalue weighted by atomic mass is 10.1. The molecule has 136 valence electrons. The van der Waals surface area contributed by atoms with E-state index in [4.69, 9.17) is 10.5 Å². The molecule has 2 rings (SSSR count). The largest absolute Gasteiger partial charge is 0.497 e. The Kier molecular flexibility index (Phi) is 7.51. The first kappa shape index (κ1) is 20.7. The second-order valence-corrected chi connectivity index (χ2v) is 8.24. The van der Waals surface area contributed by atoms with E-state index >= 15 is 0 Å². The first-order valence-electron chi connectivity index (χ1n) is 7.70. The third-order valence-electron chi connectivity index (χ3n) is 4.22. The Morgan fingerprint density at radius 2 is 2.00 bits per heavy atom. The molecule has 1 heterocycles. The van der Waals surface area contributed by atoms with Crippen LogP contribution in [-0.4, -0.2) is 50.4 Å². The Hall–Kier alpha value is -1.31. The van der Waals surface area contributed by atoms with Gasteiger partial charge in [0.1, 0.15) is 5.75 Å². The van der Waals surface area contributed by atoms with Gasteiger partial charge in [0.25, 0.3) is 0 Å². The van der Waals surface area contributed by atoms with E-state index in [0.29, 0.717) is 13.0 Å². The number of rotatable bonds is 6. The zero-order valence-electron chi connectivity index (χ0n) is 14.0. The molecule has 6 nitrogen and oxygen atoms in total. The van der Waals surface area contributed by atoms with Crippen LogP contribution < -0.4 is 10.5 Å². The predicted molar refractivity (Wildman–Crippen MR) is 96.1 cm³/mol. The lowest BCUT2D eigenvalue weighted by molar-refractivity contribution is -0.137. The number of carbonyl (C=O) groups is 1. The van der Waals surface area contributed by atoms with Crippen molar-refractivity contribution in [1.82, 2.24) is 4.90 Å². The molecule has 1 aromatic carbocycles. The summed E-state index contributed by atoms with van der Waals surface area (Å²) in [4.78, 5) is 14.3. The third kappa shape index (κ3) is 5.09. The van der Waals surface area contributed by atoms with Gasteiger partial charge in [0.2, 0.25) is 5.91 Å². The summed E-state index contributed by atoms with van der Waals surface area (Å²) in [6, 6.07) is 7.15. The topological polar surface area (TPSA) is 89.7 Å². The molecule has 1 amide bonds. The predicted octanol–water partition coefficient (Wildman–Crippen LogP) is 1.23. The number of amides is 1. The van der Waals surface area contributed by atoms with Gasteiger partial charge in [0, 0.05) is 25.0 Å². The van der Waals surface area contributed by atoms with E-state index in [1.54, 1.807) is 18.9 Å². The Morgan fingerprint density at radius 3 is 2.46 bits per heavy atom. The summed E-state index contributed by atoms with van der Waals surface area (Å²) in [7, 11) is -1.46. The molecule has 24 heavy (non-hydrogen) atoms. The fourth-order valence-corrected chi connectivity index (χ4v) is 4.45. The standard InChI is InChI=1S/C16H24N2O4S.ClH/c1-12(9-17)16(19)18(14-7-8-23(20,21)11-14)10-13-3-5-15(22-2)6-4-13;/h3-6,12,14H,7-11,17H2,1-2H3;1H. The number of ether oxygens (including phenoxy) is 1. The van der Waals surface area contributed by atoms with E-state index in [1.165, 1.54) is 0 Å². The summed E-state index contributed by atoms with van der Waals surface area (Å²) in [6.45, 7) is 2.40. The highest BCUT2D eigenvalue weighted by atomic mass is 35.5. The van der Waals surface area contributed by atoms with Crippen molar-refractivity contribution in [3.8, 4) is 5.75 Å². The van der Waals surface area contributed by atoms with Crippen LogP contribution >= 0.6 is 12.4 Å². The quantitative estimate of drug-likeness (QED) is 0.806. The Balaban J connectivity index is 0.00000288. The number of methoxy groups -OCH3 is 1. The smallest absolute Gasteiger partial charge is 0.227 e. The van der Waals surface area contributed by atoms with Crippen molar-refractivity contribution in [3.05, 3.63) is 29.8 Å². The van der Waals surface area contributed by atoms with Crippen LogP contribution in [0.3, 0.4) is 0 Å². The van der Waals surface area contributed by atoms with Crippen LogP contribution in [0.25, 0.3) is 0 Å². The molecule has 1 fully saturated rings. The molecule has 0 bridgehead atoms. The van der Waals surface area contributed by atoms with Gasteiger partial charge in [-0.1, -0.05) is 19.1 Å². The highest BCUT2D eigenvalue weighted by Gasteiger charge is 2.35. The molecule has 0 aliphatic carbocycles. The summed E-state index contributed by atoms with van der Waals surface area (Å²) >= 11 is 0. The Morgan fingerprint density at radius 1 is 1.38 bits per heavy atom. The molecule has 0 saturated carbocycles. The first-order valence-corrected chi connectivity index (χ1v) is 9.52. The lowest BCUT2D eigenvalue weighted by Gasteiger charge is -2.30. The molecule has 1 aliphatic rings. The van der Waals surface area contributed by atoms with Gasteiger partial charge in [-0.3, -0.25) is 4.79 Å². The minimum absolute atomic E-state index is 0. The molecule has 2 unspecified atom stereocenters. The molecule has 0 spiro atoms. The zero-order valence-corrected chi connectivity index (χ0v) is 15.6. The van der Waals surface area contributed by atoms with Crippen LogP contribution in [-0.2, 0) is 21.2 Å². The van der Waals surface area contributed by atoms with Crippen molar-refractivity contribution < 1.29 is 17.9 Å². The van der Waals surface area contributed by atoms with Crippen molar-refractivity contribution >= 4 is 28.2 Å². The summed E-state index contributed by atoms with van der Waals surface area (Å²) in [5, 5.41) is 0. The van der Waals surface area contributed by atoms with E-state index < -0.39 is 9.84 Å². The normalized spacial score (nSPS) is 20.0. The summed E-state index contributed by atoms with van der Waals surface area (Å²) in [5.41, 5.74) is 6.55. The molecule has 8 heteroatoms. The monoisotopic (exact) mass is 376 g/mol. The van der Waals surface area contributed by atoms with Gasteiger partial charge in [-0.25, -0.2) is 8.42 Å². The second kappa shape index (κ2) is 8.69. The molecule has 0 radical (unpaired) electrons. The summed E-state index contributed by atoms with van der Waals surface area (Å²) < 4.78 is 28.7. The minimum atomic E-state index is -3.05. The SMILES string of the molecule is COc1ccc(CN(C(=O)C(C)CN)C2CCS(=O)(=O)C2)cc1.Cl. The minimum Gasteiger partial charge on any atom is -0.497 e. The number of carbonyl (C=O) groups excluding carboxylic acids is 1. The van der Waals surface area contributed by atoms with E-state index in [-0.39, 0.29) is 48.3 Å². The van der Waals surface area contributed by atoms with Gasteiger partial charge < -0.3 is 15.4 Å². The maximum atomic E-state index is 12.6. The highest BCUT2D eigenvalue weighted by molar-refractivity contribution is 7.91. The van der Waals surface area contributed by atoms with Gasteiger partial charge in [-0.15, -0.1) is 12.4 Å². The van der Waals surface area contributed by atoms with E-state index in [2.05, 4.69) is 0 Å². The number of hydrogen-bond donors (Lipinski definition) is 1. The highest BCUT2D eigenvalue weighted by Crippen LogP contribution is 2.23. The number of halogens is 1. The maximum absolute atomic E-state index is 12.6.